The number of nitrogens with one attached hydrogen (secondary N) is 1. The largest absolute Gasteiger partial charge is 0.497 e. The van der Waals surface area contributed by atoms with E-state index in [1.54, 1.807) is 31.2 Å². The molecule has 1 saturated carbocycles. The van der Waals surface area contributed by atoms with Crippen LogP contribution in [0.5, 0.6) is 5.75 Å². The van der Waals surface area contributed by atoms with E-state index in [1.165, 1.54) is 30.2 Å². The Bertz CT molecular complexity index is 1230. The zero-order valence-electron chi connectivity index (χ0n) is 21.1. The lowest BCUT2D eigenvalue weighted by Crippen LogP contribution is -2.52. The summed E-state index contributed by atoms with van der Waals surface area (Å²) in [7, 11) is -2.45. The minimum Gasteiger partial charge on any atom is -0.497 e. The number of rotatable bonds is 11. The van der Waals surface area contributed by atoms with Crippen LogP contribution in [0.15, 0.2) is 48.5 Å². The van der Waals surface area contributed by atoms with Gasteiger partial charge < -0.3 is 15.0 Å². The molecular formula is C25H32N4O7S. The second kappa shape index (κ2) is 12.0. The molecule has 3 rings (SSSR count). The number of methoxy groups -OCH3 is 1. The second-order valence-electron chi connectivity index (χ2n) is 9.08. The predicted molar refractivity (Wildman–Crippen MR) is 139 cm³/mol. The Balaban J connectivity index is 1.90. The lowest BCUT2D eigenvalue weighted by atomic mass is 10.1. The van der Waals surface area contributed by atoms with Crippen LogP contribution in [-0.2, 0) is 26.2 Å². The molecule has 0 spiro atoms. The van der Waals surface area contributed by atoms with Gasteiger partial charge in [0.1, 0.15) is 18.3 Å². The van der Waals surface area contributed by atoms with Crippen molar-refractivity contribution in [3.63, 3.8) is 0 Å². The minimum absolute atomic E-state index is 0.0162. The van der Waals surface area contributed by atoms with Crippen molar-refractivity contribution in [3.8, 4) is 5.75 Å². The first-order valence-electron chi connectivity index (χ1n) is 11.9. The first-order chi connectivity index (χ1) is 17.5. The Hall–Kier alpha value is -3.67. The maximum atomic E-state index is 13.6. The van der Waals surface area contributed by atoms with E-state index in [9.17, 15) is 28.1 Å². The van der Waals surface area contributed by atoms with Gasteiger partial charge in [0.15, 0.2) is 0 Å². The summed E-state index contributed by atoms with van der Waals surface area (Å²) >= 11 is 0. The summed E-state index contributed by atoms with van der Waals surface area (Å²) in [5.41, 5.74) is 0.395. The second-order valence-corrected chi connectivity index (χ2v) is 11.0. The average molecular weight is 533 g/mol. The molecule has 1 aliphatic carbocycles. The topological polar surface area (TPSA) is 139 Å². The van der Waals surface area contributed by atoms with Crippen LogP contribution in [0.3, 0.4) is 0 Å². The molecule has 1 fully saturated rings. The van der Waals surface area contributed by atoms with Crippen LogP contribution in [0.25, 0.3) is 0 Å². The highest BCUT2D eigenvalue weighted by Gasteiger charge is 2.31. The zero-order chi connectivity index (χ0) is 27.2. The van der Waals surface area contributed by atoms with Gasteiger partial charge in [-0.15, -0.1) is 0 Å². The average Bonchev–Trinajstić information content (AvgIpc) is 3.38. The third-order valence-electron chi connectivity index (χ3n) is 6.39. The summed E-state index contributed by atoms with van der Waals surface area (Å²) in [5.74, 6) is -0.320. The number of non-ortho nitro benzene ring substituents is 1. The molecule has 0 unspecified atom stereocenters. The summed E-state index contributed by atoms with van der Waals surface area (Å²) in [6.07, 6.45) is 4.73. The molecule has 0 heterocycles. The van der Waals surface area contributed by atoms with E-state index in [1.807, 2.05) is 0 Å². The van der Waals surface area contributed by atoms with E-state index < -0.39 is 33.4 Å². The Kier molecular flexibility index (Phi) is 9.09. The lowest BCUT2D eigenvalue weighted by Gasteiger charge is -2.32. The number of amides is 2. The van der Waals surface area contributed by atoms with Crippen LogP contribution in [0, 0.1) is 10.1 Å². The molecule has 0 radical (unpaired) electrons. The summed E-state index contributed by atoms with van der Waals surface area (Å²) in [5, 5.41) is 14.2. The summed E-state index contributed by atoms with van der Waals surface area (Å²) in [6, 6.07) is 11.2. The molecule has 1 N–H and O–H groups in total. The van der Waals surface area contributed by atoms with Gasteiger partial charge in [-0.2, -0.15) is 0 Å². The highest BCUT2D eigenvalue weighted by atomic mass is 32.2. The number of sulfonamides is 1. The summed E-state index contributed by atoms with van der Waals surface area (Å²) in [6.45, 7) is 1.02. The van der Waals surface area contributed by atoms with Crippen molar-refractivity contribution in [2.75, 3.05) is 24.2 Å². The summed E-state index contributed by atoms with van der Waals surface area (Å²) < 4.78 is 31.2. The molecule has 0 bridgehead atoms. The predicted octanol–water partition coefficient (Wildman–Crippen LogP) is 2.85. The SMILES string of the molecule is COc1ccc(CN(C(=O)CN(c2cccc([N+](=O)[O-])c2)S(C)(=O)=O)[C@H](C)C(=O)NC2CCCC2)cc1. The van der Waals surface area contributed by atoms with Crippen molar-refractivity contribution in [3.05, 3.63) is 64.2 Å². The monoisotopic (exact) mass is 532 g/mol. The summed E-state index contributed by atoms with van der Waals surface area (Å²) in [4.78, 5) is 38.6. The highest BCUT2D eigenvalue weighted by Crippen LogP contribution is 2.24. The van der Waals surface area contributed by atoms with Crippen LogP contribution >= 0.6 is 0 Å². The quantitative estimate of drug-likeness (QED) is 0.347. The molecule has 37 heavy (non-hydrogen) atoms. The van der Waals surface area contributed by atoms with E-state index in [0.717, 1.165) is 47.9 Å². The number of benzene rings is 2. The molecule has 11 nitrogen and oxygen atoms in total. The zero-order valence-corrected chi connectivity index (χ0v) is 21.9. The number of carbonyl (C=O) groups excluding carboxylic acids is 2. The first-order valence-corrected chi connectivity index (χ1v) is 13.8. The Morgan fingerprint density at radius 3 is 2.38 bits per heavy atom. The molecule has 200 valence electrons. The smallest absolute Gasteiger partial charge is 0.271 e. The van der Waals surface area contributed by atoms with Gasteiger partial charge in [-0.1, -0.05) is 31.0 Å². The van der Waals surface area contributed by atoms with Gasteiger partial charge in [-0.3, -0.25) is 24.0 Å². The third-order valence-corrected chi connectivity index (χ3v) is 7.53. The molecule has 2 amide bonds. The fraction of sp³-hybridized carbons (Fsp3) is 0.440. The van der Waals surface area contributed by atoms with Crippen LogP contribution in [-0.4, -0.2) is 62.0 Å². The van der Waals surface area contributed by atoms with E-state index in [4.69, 9.17) is 4.74 Å². The lowest BCUT2D eigenvalue weighted by molar-refractivity contribution is -0.384. The number of hydrogen-bond acceptors (Lipinski definition) is 7. The van der Waals surface area contributed by atoms with Gasteiger partial charge in [0.05, 0.1) is 24.0 Å². The van der Waals surface area contributed by atoms with E-state index in [-0.39, 0.29) is 29.9 Å². The number of carbonyl (C=O) groups is 2. The highest BCUT2D eigenvalue weighted by molar-refractivity contribution is 7.92. The number of anilines is 1. The Morgan fingerprint density at radius 2 is 1.81 bits per heavy atom. The number of nitro groups is 1. The van der Waals surface area contributed by atoms with Gasteiger partial charge in [0.25, 0.3) is 5.69 Å². The fourth-order valence-electron chi connectivity index (χ4n) is 4.28. The fourth-order valence-corrected chi connectivity index (χ4v) is 5.12. The van der Waals surface area contributed by atoms with Crippen molar-refractivity contribution >= 4 is 33.2 Å². The maximum Gasteiger partial charge on any atom is 0.271 e. The molecule has 12 heteroatoms. The van der Waals surface area contributed by atoms with Gasteiger partial charge >= 0.3 is 0 Å². The van der Waals surface area contributed by atoms with Gasteiger partial charge in [0.2, 0.25) is 21.8 Å². The molecule has 2 aromatic carbocycles. The van der Waals surface area contributed by atoms with Crippen LogP contribution < -0.4 is 14.4 Å². The van der Waals surface area contributed by atoms with Crippen molar-refractivity contribution < 1.29 is 27.7 Å². The third kappa shape index (κ3) is 7.42. The Morgan fingerprint density at radius 1 is 1.16 bits per heavy atom. The van der Waals surface area contributed by atoms with Gasteiger partial charge in [0, 0.05) is 24.7 Å². The molecule has 0 aliphatic heterocycles. The molecule has 0 saturated heterocycles. The number of hydrogen-bond donors (Lipinski definition) is 1. The normalized spacial score (nSPS) is 14.6. The van der Waals surface area contributed by atoms with Crippen LogP contribution in [0.2, 0.25) is 0 Å². The Labute approximate surface area is 216 Å². The minimum atomic E-state index is -3.99. The number of nitrogens with zero attached hydrogens (tertiary/aromatic N) is 3. The van der Waals surface area contributed by atoms with E-state index in [0.29, 0.717) is 5.75 Å². The molecule has 0 aromatic heterocycles. The number of nitro benzene ring substituents is 1. The van der Waals surface area contributed by atoms with Crippen LogP contribution in [0.4, 0.5) is 11.4 Å². The number of ether oxygens (including phenoxy) is 1. The van der Waals surface area contributed by atoms with Crippen LogP contribution in [0.1, 0.15) is 38.2 Å². The van der Waals surface area contributed by atoms with Crippen molar-refractivity contribution in [1.82, 2.24) is 10.2 Å². The van der Waals surface area contributed by atoms with Crippen molar-refractivity contribution in [2.45, 2.75) is 51.2 Å². The van der Waals surface area contributed by atoms with Crippen molar-refractivity contribution in [2.24, 2.45) is 0 Å². The van der Waals surface area contributed by atoms with E-state index >= 15 is 0 Å². The van der Waals surface area contributed by atoms with E-state index in [2.05, 4.69) is 5.32 Å². The maximum absolute atomic E-state index is 13.6. The molecular weight excluding hydrogens is 500 g/mol. The molecule has 1 atom stereocenters. The van der Waals surface area contributed by atoms with Gasteiger partial charge in [-0.05, 0) is 43.5 Å². The standard InChI is InChI=1S/C25H32N4O7S/c1-18(25(31)26-20-7-4-5-8-20)27(16-19-11-13-23(36-2)14-12-19)24(30)17-28(37(3,34)35)21-9-6-10-22(15-21)29(32)33/h6,9-15,18,20H,4-5,7-8,16-17H2,1-3H3,(H,26,31)/t18-/m1/s1. The molecule has 2 aromatic rings. The van der Waals surface area contributed by atoms with Crippen molar-refractivity contribution in [1.29, 1.82) is 0 Å². The molecule has 1 aliphatic rings. The first kappa shape index (κ1) is 27.9. The van der Waals surface area contributed by atoms with Gasteiger partial charge in [-0.25, -0.2) is 8.42 Å².